The first-order valence-corrected chi connectivity index (χ1v) is 13.1. The highest BCUT2D eigenvalue weighted by Crippen LogP contribution is 2.37. The molecule has 7 nitrogen and oxygen atoms in total. The van der Waals surface area contributed by atoms with Gasteiger partial charge >= 0.3 is 5.97 Å². The number of benzene rings is 1. The zero-order valence-corrected chi connectivity index (χ0v) is 23.7. The van der Waals surface area contributed by atoms with Crippen LogP contribution in [-0.2, 0) is 17.8 Å². The number of aliphatic carboxylic acids is 1. The van der Waals surface area contributed by atoms with Crippen LogP contribution in [0.25, 0.3) is 5.52 Å². The van der Waals surface area contributed by atoms with E-state index in [2.05, 4.69) is 4.98 Å². The molecule has 0 aliphatic heterocycles. The van der Waals surface area contributed by atoms with Crippen molar-refractivity contribution in [3.63, 3.8) is 0 Å². The van der Waals surface area contributed by atoms with Crippen LogP contribution in [0.1, 0.15) is 72.3 Å². The zero-order chi connectivity index (χ0) is 29.4. The predicted octanol–water partition coefficient (Wildman–Crippen LogP) is 6.82. The van der Waals surface area contributed by atoms with Crippen LogP contribution in [0.4, 0.5) is 4.39 Å². The monoisotopic (exact) mass is 564 g/mol. The molecule has 0 unspecified atom stereocenters. The molecule has 0 aliphatic rings. The third-order valence-corrected chi connectivity index (χ3v) is 6.85. The Balaban J connectivity index is 1.95. The van der Waals surface area contributed by atoms with Gasteiger partial charge in [-0.3, -0.25) is 14.4 Å². The molecule has 3 heterocycles. The Hall–Kier alpha value is -4.04. The van der Waals surface area contributed by atoms with Crippen molar-refractivity contribution in [2.45, 2.75) is 47.6 Å². The normalized spacial score (nSPS) is 12.0. The van der Waals surface area contributed by atoms with Gasteiger partial charge < -0.3 is 14.2 Å². The number of rotatable bonds is 9. The van der Waals surface area contributed by atoms with Crippen molar-refractivity contribution in [3.8, 4) is 5.75 Å². The van der Waals surface area contributed by atoms with Gasteiger partial charge in [0.15, 0.2) is 5.78 Å². The first-order chi connectivity index (χ1) is 18.7. The van der Waals surface area contributed by atoms with Gasteiger partial charge in [-0.15, -0.1) is 0 Å². The molecule has 0 bridgehead atoms. The van der Waals surface area contributed by atoms with Crippen LogP contribution in [0.5, 0.6) is 5.75 Å². The number of fused-ring (bicyclic) bond motifs is 1. The second-order valence-corrected chi connectivity index (χ2v) is 11.8. The van der Waals surface area contributed by atoms with Gasteiger partial charge in [-0.25, -0.2) is 4.98 Å². The van der Waals surface area contributed by atoms with E-state index in [9.17, 15) is 23.9 Å². The zero-order valence-electron chi connectivity index (χ0n) is 22.9. The molecule has 0 spiro atoms. The molecular formula is C31H30ClFN2O5. The number of ether oxygens (including phenoxy) is 1. The van der Waals surface area contributed by atoms with Gasteiger partial charge in [0.1, 0.15) is 12.4 Å². The Morgan fingerprint density at radius 2 is 1.70 bits per heavy atom. The third-order valence-electron chi connectivity index (χ3n) is 6.60. The van der Waals surface area contributed by atoms with E-state index in [0.717, 1.165) is 0 Å². The molecule has 0 fully saturated rings. The lowest BCUT2D eigenvalue weighted by atomic mass is 9.79. The van der Waals surface area contributed by atoms with E-state index in [1.165, 1.54) is 12.1 Å². The highest BCUT2D eigenvalue weighted by atomic mass is 35.5. The average molecular weight is 565 g/mol. The van der Waals surface area contributed by atoms with Crippen LogP contribution in [0, 0.1) is 16.8 Å². The van der Waals surface area contributed by atoms with Crippen molar-refractivity contribution in [1.29, 1.82) is 0 Å². The van der Waals surface area contributed by atoms with Gasteiger partial charge in [0, 0.05) is 33.8 Å². The van der Waals surface area contributed by atoms with Crippen molar-refractivity contribution >= 4 is 34.7 Å². The van der Waals surface area contributed by atoms with Crippen LogP contribution in [0.2, 0.25) is 5.02 Å². The summed E-state index contributed by atoms with van der Waals surface area (Å²) < 4.78 is 21.0. The molecule has 3 aromatic heterocycles. The summed E-state index contributed by atoms with van der Waals surface area (Å²) in [5, 5.41) is 10.4. The minimum Gasteiger partial charge on any atom is -0.487 e. The van der Waals surface area contributed by atoms with E-state index < -0.39 is 22.7 Å². The molecule has 0 radical (unpaired) electrons. The summed E-state index contributed by atoms with van der Waals surface area (Å²) in [6.45, 7) is 8.39. The van der Waals surface area contributed by atoms with Gasteiger partial charge in [-0.1, -0.05) is 38.4 Å². The predicted molar refractivity (Wildman–Crippen MR) is 150 cm³/mol. The largest absolute Gasteiger partial charge is 0.487 e. The lowest BCUT2D eigenvalue weighted by molar-refractivity contribution is -0.146. The molecule has 0 aliphatic carbocycles. The quantitative estimate of drug-likeness (QED) is 0.177. The standard InChI is InChI=1S/C31H30ClFN2O5/c1-30(2,3)28(37)25-22(16-31(4,5)29(38)39)26(27(36)18-9-11-19(32)12-10-18)35-14-13-21(15-23(25)35)40-17-20-7-6-8-24(33)34-20/h6-15H,16-17H2,1-5H3,(H,38,39). The third kappa shape index (κ3) is 5.92. The summed E-state index contributed by atoms with van der Waals surface area (Å²) in [4.78, 5) is 43.9. The molecule has 40 heavy (non-hydrogen) atoms. The van der Waals surface area contributed by atoms with Gasteiger partial charge in [0.2, 0.25) is 11.7 Å². The van der Waals surface area contributed by atoms with E-state index >= 15 is 0 Å². The van der Waals surface area contributed by atoms with Crippen molar-refractivity contribution in [3.05, 3.63) is 99.8 Å². The summed E-state index contributed by atoms with van der Waals surface area (Å²) in [7, 11) is 0. The SMILES string of the molecule is CC(C)(C)C(=O)c1c(CC(C)(C)C(=O)O)c(C(=O)c2ccc(Cl)cc2)n2ccc(OCc3cccc(F)n3)cc12. The lowest BCUT2D eigenvalue weighted by Gasteiger charge is -2.22. The van der Waals surface area contributed by atoms with Crippen molar-refractivity contribution in [2.24, 2.45) is 10.8 Å². The van der Waals surface area contributed by atoms with E-state index in [4.69, 9.17) is 16.3 Å². The van der Waals surface area contributed by atoms with Gasteiger partial charge in [-0.2, -0.15) is 4.39 Å². The number of aromatic nitrogens is 2. The summed E-state index contributed by atoms with van der Waals surface area (Å²) in [5.41, 5.74) is -0.211. The maximum Gasteiger partial charge on any atom is 0.309 e. The van der Waals surface area contributed by atoms with Crippen LogP contribution < -0.4 is 4.74 Å². The van der Waals surface area contributed by atoms with Crippen LogP contribution >= 0.6 is 11.6 Å². The van der Waals surface area contributed by atoms with Crippen LogP contribution in [0.3, 0.4) is 0 Å². The van der Waals surface area contributed by atoms with Crippen molar-refractivity contribution in [1.82, 2.24) is 9.38 Å². The molecule has 4 aromatic rings. The summed E-state index contributed by atoms with van der Waals surface area (Å²) in [6.07, 6.45) is 1.54. The molecular weight excluding hydrogens is 535 g/mol. The molecule has 0 atom stereocenters. The topological polar surface area (TPSA) is 98.0 Å². The highest BCUT2D eigenvalue weighted by molar-refractivity contribution is 6.30. The summed E-state index contributed by atoms with van der Waals surface area (Å²) in [6, 6.07) is 14.0. The molecule has 1 aromatic carbocycles. The number of pyridine rings is 2. The maximum absolute atomic E-state index is 14.0. The van der Waals surface area contributed by atoms with Gasteiger partial charge in [-0.05, 0) is 68.3 Å². The van der Waals surface area contributed by atoms with E-state index in [-0.39, 0.29) is 35.9 Å². The van der Waals surface area contributed by atoms with E-state index in [1.807, 2.05) is 0 Å². The number of carbonyl (C=O) groups excluding carboxylic acids is 2. The number of hydrogen-bond donors (Lipinski definition) is 1. The minimum atomic E-state index is -1.28. The number of ketones is 2. The average Bonchev–Trinajstić information content (AvgIpc) is 3.18. The number of Topliss-reactive ketones (excluding diaryl/α,β-unsaturated/α-hetero) is 1. The first kappa shape index (κ1) is 29.0. The first-order valence-electron chi connectivity index (χ1n) is 12.7. The minimum absolute atomic E-state index is 0.0212. The Morgan fingerprint density at radius 1 is 1.02 bits per heavy atom. The molecule has 4 rings (SSSR count). The molecule has 0 saturated heterocycles. The fourth-order valence-electron chi connectivity index (χ4n) is 4.37. The summed E-state index contributed by atoms with van der Waals surface area (Å²) >= 11 is 6.04. The highest BCUT2D eigenvalue weighted by Gasteiger charge is 2.37. The Morgan fingerprint density at radius 3 is 2.30 bits per heavy atom. The number of nitrogens with zero attached hydrogens (tertiary/aromatic N) is 2. The molecule has 208 valence electrons. The van der Waals surface area contributed by atoms with Gasteiger partial charge in [0.05, 0.1) is 22.3 Å². The molecule has 9 heteroatoms. The second-order valence-electron chi connectivity index (χ2n) is 11.3. The summed E-state index contributed by atoms with van der Waals surface area (Å²) in [5.74, 6) is -1.95. The van der Waals surface area contributed by atoms with Crippen LogP contribution in [0.15, 0.2) is 60.8 Å². The molecule has 1 N–H and O–H groups in total. The Bertz CT molecular complexity index is 1620. The van der Waals surface area contributed by atoms with Gasteiger partial charge in [0.25, 0.3) is 0 Å². The smallest absolute Gasteiger partial charge is 0.309 e. The second kappa shape index (κ2) is 10.8. The van der Waals surface area contributed by atoms with Crippen molar-refractivity contribution in [2.75, 3.05) is 0 Å². The fourth-order valence-corrected chi connectivity index (χ4v) is 4.49. The number of carboxylic acid groups (broad SMARTS) is 1. The molecule has 0 amide bonds. The van der Waals surface area contributed by atoms with E-state index in [0.29, 0.717) is 33.1 Å². The van der Waals surface area contributed by atoms with Crippen LogP contribution in [-0.4, -0.2) is 32.0 Å². The molecule has 0 saturated carbocycles. The number of carbonyl (C=O) groups is 3. The Kier molecular flexibility index (Phi) is 7.85. The maximum atomic E-state index is 14.0. The Labute approximate surface area is 236 Å². The number of carboxylic acids is 1. The number of hydrogen-bond acceptors (Lipinski definition) is 5. The van der Waals surface area contributed by atoms with E-state index in [1.54, 1.807) is 87.7 Å². The fraction of sp³-hybridized carbons (Fsp3) is 0.290. The van der Waals surface area contributed by atoms with Crippen molar-refractivity contribution < 1.29 is 28.6 Å². The number of halogens is 2. The lowest BCUT2D eigenvalue weighted by Crippen LogP contribution is -2.29.